The number of nitrogens with zero attached hydrogens (tertiary/aromatic N) is 2. The van der Waals surface area contributed by atoms with Crippen LogP contribution in [0.1, 0.15) is 41.0 Å². The Bertz CT molecular complexity index is 1190. The molecule has 31 heavy (non-hydrogen) atoms. The number of hydrogen-bond donors (Lipinski definition) is 1. The van der Waals surface area contributed by atoms with Crippen molar-refractivity contribution < 1.29 is 12.8 Å². The topological polar surface area (TPSA) is 81.1 Å². The minimum Gasteiger partial charge on any atom is -0.265 e. The zero-order valence-corrected chi connectivity index (χ0v) is 20.2. The van der Waals surface area contributed by atoms with Crippen molar-refractivity contribution in [1.82, 2.24) is 9.55 Å². The van der Waals surface area contributed by atoms with Gasteiger partial charge in [0, 0.05) is 10.6 Å². The third kappa shape index (κ3) is 5.87. The van der Waals surface area contributed by atoms with Crippen LogP contribution in [0.4, 0.5) is 10.2 Å². The van der Waals surface area contributed by atoms with Crippen LogP contribution in [0, 0.1) is 20.8 Å². The van der Waals surface area contributed by atoms with Crippen LogP contribution in [-0.2, 0) is 15.8 Å². The van der Waals surface area contributed by atoms with Gasteiger partial charge in [-0.1, -0.05) is 36.2 Å². The van der Waals surface area contributed by atoms with Gasteiger partial charge in [0.05, 0.1) is 16.6 Å². The lowest BCUT2D eigenvalue weighted by Crippen LogP contribution is -2.17. The average molecular weight is 484 g/mol. The number of nitrogens with one attached hydrogen (secondary N) is 1. The molecular weight excluding hydrogens is 457 g/mol. The zero-order chi connectivity index (χ0) is 22.6. The number of rotatable bonds is 10. The number of unbranched alkanes of at least 4 members (excludes halogenated alkanes) is 2. The van der Waals surface area contributed by atoms with Gasteiger partial charge >= 0.3 is 5.69 Å². The molecule has 0 amide bonds. The predicted octanol–water partition coefficient (Wildman–Crippen LogP) is 4.83. The smallest absolute Gasteiger partial charge is 0.265 e. The number of anilines is 1. The van der Waals surface area contributed by atoms with E-state index in [0.29, 0.717) is 17.7 Å². The second-order valence-electron chi connectivity index (χ2n) is 7.41. The van der Waals surface area contributed by atoms with Crippen LogP contribution in [0.5, 0.6) is 0 Å². The van der Waals surface area contributed by atoms with Crippen molar-refractivity contribution in [3.05, 3.63) is 56.4 Å². The van der Waals surface area contributed by atoms with Crippen LogP contribution >= 0.6 is 23.1 Å². The molecule has 0 saturated heterocycles. The first kappa shape index (κ1) is 23.7. The highest BCUT2D eigenvalue weighted by molar-refractivity contribution is 8.01. The number of benzene rings is 1. The number of aryl methyl sites for hydroxylation is 2. The summed E-state index contributed by atoms with van der Waals surface area (Å²) < 4.78 is 42.8. The van der Waals surface area contributed by atoms with Crippen molar-refractivity contribution in [1.29, 1.82) is 0 Å². The molecule has 0 aromatic heterocycles. The van der Waals surface area contributed by atoms with Gasteiger partial charge in [-0.25, -0.2) is 13.2 Å². The van der Waals surface area contributed by atoms with E-state index in [1.54, 1.807) is 17.8 Å². The van der Waals surface area contributed by atoms with Crippen molar-refractivity contribution in [2.45, 2.75) is 50.0 Å². The van der Waals surface area contributed by atoms with E-state index in [-0.39, 0.29) is 18.2 Å². The molecule has 0 saturated carbocycles. The summed E-state index contributed by atoms with van der Waals surface area (Å²) in [5.41, 5.74) is 2.36. The summed E-state index contributed by atoms with van der Waals surface area (Å²) in [6, 6.07) is 7.29. The van der Waals surface area contributed by atoms with Crippen LogP contribution in [-0.4, -0.2) is 30.4 Å². The molecule has 0 aliphatic carbocycles. The first-order valence-electron chi connectivity index (χ1n) is 9.99. The third-order valence-electron chi connectivity index (χ3n) is 4.83. The molecule has 3 rings (SSSR count). The summed E-state index contributed by atoms with van der Waals surface area (Å²) in [5, 5.41) is 0. The maximum Gasteiger partial charge on any atom is 0.354 e. The zero-order valence-electron chi connectivity index (χ0n) is 17.8. The Morgan fingerprint density at radius 2 is 1.97 bits per heavy atom. The molecule has 6 nitrogen and oxygen atoms in total. The van der Waals surface area contributed by atoms with Gasteiger partial charge in [-0.05, 0) is 44.9 Å². The largest absolute Gasteiger partial charge is 0.354 e. The summed E-state index contributed by atoms with van der Waals surface area (Å²) >= 11 is 3.06. The summed E-state index contributed by atoms with van der Waals surface area (Å²) in [7, 11) is -3.77. The summed E-state index contributed by atoms with van der Waals surface area (Å²) in [6.07, 6.45) is 2.16. The van der Waals surface area contributed by atoms with Crippen molar-refractivity contribution in [3.8, 4) is 5.69 Å². The fourth-order valence-electron chi connectivity index (χ4n) is 3.23. The van der Waals surface area contributed by atoms with E-state index in [9.17, 15) is 17.6 Å². The Morgan fingerprint density at radius 3 is 2.68 bits per heavy atom. The van der Waals surface area contributed by atoms with Crippen molar-refractivity contribution >= 4 is 38.9 Å². The first-order valence-corrected chi connectivity index (χ1v) is 13.4. The fourth-order valence-corrected chi connectivity index (χ4v) is 6.88. The summed E-state index contributed by atoms with van der Waals surface area (Å²) in [6.45, 7) is 5.33. The minimum atomic E-state index is -3.77. The molecule has 2 aliphatic rings. The summed E-state index contributed by atoms with van der Waals surface area (Å²) in [4.78, 5) is 17.6. The number of hydrogen-bond acceptors (Lipinski definition) is 6. The molecule has 0 atom stereocenters. The highest BCUT2D eigenvalue weighted by Gasteiger charge is 2.26. The monoisotopic (exact) mass is 483 g/mol. The number of fused-ring (bicyclic) bond motifs is 1. The molecule has 0 radical (unpaired) electrons. The Balaban J connectivity index is 1.92. The van der Waals surface area contributed by atoms with E-state index in [1.165, 1.54) is 15.9 Å². The number of sulfonamides is 1. The molecule has 0 bridgehead atoms. The van der Waals surface area contributed by atoms with E-state index in [0.717, 1.165) is 38.9 Å². The summed E-state index contributed by atoms with van der Waals surface area (Å²) in [5.74, 6) is 0.606. The molecule has 2 heterocycles. The molecule has 1 N–H and O–H groups in total. The normalized spacial score (nSPS) is 11.9. The van der Waals surface area contributed by atoms with Gasteiger partial charge in [-0.3, -0.25) is 13.7 Å². The molecule has 10 heteroatoms. The second kappa shape index (κ2) is 10.1. The van der Waals surface area contributed by atoms with Gasteiger partial charge < -0.3 is 0 Å². The highest BCUT2D eigenvalue weighted by atomic mass is 32.2. The van der Waals surface area contributed by atoms with E-state index in [1.807, 2.05) is 39.0 Å². The van der Waals surface area contributed by atoms with Gasteiger partial charge in [0.25, 0.3) is 0 Å². The van der Waals surface area contributed by atoms with E-state index < -0.39 is 15.7 Å². The molecule has 2 aliphatic heterocycles. The Hall–Kier alpha value is -1.91. The van der Waals surface area contributed by atoms with Gasteiger partial charge in [0.1, 0.15) is 5.69 Å². The SMILES string of the molecule is Cc1cccc(CS(=O)(=O)Nc2nc(=O)n3c(C)c(C)sc(SCCCCCF)c2-3)c1. The number of thioether (sulfide) groups is 1. The average Bonchev–Trinajstić information content (AvgIpc) is 3.00. The van der Waals surface area contributed by atoms with Gasteiger partial charge in [0.15, 0.2) is 5.82 Å². The Kier molecular flexibility index (Phi) is 7.77. The lowest BCUT2D eigenvalue weighted by Gasteiger charge is -2.16. The van der Waals surface area contributed by atoms with Crippen LogP contribution in [0.3, 0.4) is 0 Å². The van der Waals surface area contributed by atoms with Gasteiger partial charge in [0.2, 0.25) is 10.0 Å². The van der Waals surface area contributed by atoms with Crippen molar-refractivity contribution in [2.24, 2.45) is 0 Å². The van der Waals surface area contributed by atoms with Gasteiger partial charge in [-0.15, -0.1) is 23.1 Å². The number of halogens is 1. The van der Waals surface area contributed by atoms with E-state index in [2.05, 4.69) is 9.71 Å². The molecular formula is C21H26FN3O3S3. The third-order valence-corrected chi connectivity index (χ3v) is 8.58. The number of alkyl halides is 1. The van der Waals surface area contributed by atoms with Crippen LogP contribution in [0.15, 0.2) is 33.3 Å². The Morgan fingerprint density at radius 1 is 1.19 bits per heavy atom. The van der Waals surface area contributed by atoms with Crippen LogP contribution in [0.2, 0.25) is 0 Å². The molecule has 168 valence electrons. The lowest BCUT2D eigenvalue weighted by atomic mass is 10.2. The van der Waals surface area contributed by atoms with Crippen LogP contribution < -0.4 is 10.4 Å². The maximum atomic E-state index is 12.8. The number of imidazole rings is 1. The van der Waals surface area contributed by atoms with Crippen molar-refractivity contribution in [3.63, 3.8) is 0 Å². The maximum absolute atomic E-state index is 12.8. The number of aromatic nitrogens is 2. The van der Waals surface area contributed by atoms with Gasteiger partial charge in [-0.2, -0.15) is 4.98 Å². The van der Waals surface area contributed by atoms with Crippen LogP contribution in [0.25, 0.3) is 5.69 Å². The second-order valence-corrected chi connectivity index (χ2v) is 11.7. The molecule has 0 unspecified atom stereocenters. The first-order chi connectivity index (χ1) is 14.7. The lowest BCUT2D eigenvalue weighted by molar-refractivity contribution is 0.460. The molecule has 0 fully saturated rings. The predicted molar refractivity (Wildman–Crippen MR) is 126 cm³/mol. The fraction of sp³-hybridized carbons (Fsp3) is 0.429. The van der Waals surface area contributed by atoms with Crippen molar-refractivity contribution in [2.75, 3.05) is 17.1 Å². The quantitative estimate of drug-likeness (QED) is 0.330. The minimum absolute atomic E-state index is 0.0586. The van der Waals surface area contributed by atoms with E-state index in [4.69, 9.17) is 0 Å². The van der Waals surface area contributed by atoms with E-state index >= 15 is 0 Å². The highest BCUT2D eigenvalue weighted by Crippen LogP contribution is 2.38. The molecule has 0 spiro atoms. The molecule has 1 aromatic rings. The Labute approximate surface area is 190 Å². The molecule has 1 aromatic carbocycles. The standard InChI is InChI=1S/C21H26FN3O3S3/c1-14-8-7-9-17(12-14)13-31(27,28)24-19-18-20(29-11-6-4-5-10-22)30-16(3)15(2)25(18)21(26)23-19/h7-9,12H,4-6,10-11,13H2,1-3H3,(H,23,24,26).